The number of halogens is 1. The average Bonchev–Trinajstić information content (AvgIpc) is 3.80. The van der Waals surface area contributed by atoms with Gasteiger partial charge >= 0.3 is 5.97 Å². The number of benzene rings is 2. The molecule has 0 saturated carbocycles. The summed E-state index contributed by atoms with van der Waals surface area (Å²) < 4.78 is 0. The lowest BCUT2D eigenvalue weighted by atomic mass is 10.0. The maximum absolute atomic E-state index is 12.7. The molecule has 1 N–H and O–H groups in total. The van der Waals surface area contributed by atoms with Crippen LogP contribution in [0.25, 0.3) is 0 Å². The number of hydrogen-bond donors (Lipinski definition) is 1. The molecule has 1 fully saturated rings. The van der Waals surface area contributed by atoms with Crippen molar-refractivity contribution in [2.24, 2.45) is 9.98 Å². The van der Waals surface area contributed by atoms with Crippen molar-refractivity contribution in [1.29, 1.82) is 0 Å². The van der Waals surface area contributed by atoms with Gasteiger partial charge in [0.2, 0.25) is 0 Å². The number of aryl methyl sites for hydroxylation is 4. The van der Waals surface area contributed by atoms with Gasteiger partial charge in [0.15, 0.2) is 5.69 Å². The van der Waals surface area contributed by atoms with Crippen molar-refractivity contribution >= 4 is 75.6 Å². The zero-order chi connectivity index (χ0) is 37.9. The molecule has 1 saturated heterocycles. The highest BCUT2D eigenvalue weighted by molar-refractivity contribution is 8.93. The van der Waals surface area contributed by atoms with Gasteiger partial charge in [-0.3, -0.25) is 4.79 Å². The first kappa shape index (κ1) is 43.4. The molecule has 5 rings (SSSR count). The third-order valence-electron chi connectivity index (χ3n) is 9.11. The van der Waals surface area contributed by atoms with E-state index in [0.717, 1.165) is 89.3 Å². The minimum atomic E-state index is -0.981. The van der Waals surface area contributed by atoms with Crippen LogP contribution < -0.4 is 0 Å². The lowest BCUT2D eigenvalue weighted by Crippen LogP contribution is -2.47. The number of carboxylic acids is 1. The molecule has 0 atom stereocenters. The molecule has 53 heavy (non-hydrogen) atoms. The summed E-state index contributed by atoms with van der Waals surface area (Å²) in [6.45, 7) is 17.7. The maximum atomic E-state index is 12.7. The zero-order valence-corrected chi connectivity index (χ0v) is 35.7. The van der Waals surface area contributed by atoms with Gasteiger partial charge in [0.05, 0.1) is 34.1 Å². The van der Waals surface area contributed by atoms with Gasteiger partial charge < -0.3 is 24.7 Å². The molecule has 14 heteroatoms. The van der Waals surface area contributed by atoms with Crippen molar-refractivity contribution in [3.8, 4) is 0 Å². The Bertz CT molecular complexity index is 1900. The second-order valence-corrected chi connectivity index (χ2v) is 15.2. The van der Waals surface area contributed by atoms with Gasteiger partial charge in [0, 0.05) is 77.0 Å². The number of piperazine rings is 1. The lowest BCUT2D eigenvalue weighted by Gasteiger charge is -2.31. The van der Waals surface area contributed by atoms with Gasteiger partial charge in [-0.05, 0) is 94.1 Å². The Balaban J connectivity index is 0.000000288. The number of amides is 1. The molecule has 1 amide bonds. The molecule has 4 aromatic rings. The van der Waals surface area contributed by atoms with Gasteiger partial charge in [-0.15, -0.1) is 39.7 Å². The molecule has 3 heterocycles. The van der Waals surface area contributed by atoms with Gasteiger partial charge in [-0.1, -0.05) is 12.1 Å². The highest BCUT2D eigenvalue weighted by atomic mass is 79.9. The van der Waals surface area contributed by atoms with Gasteiger partial charge in [0.1, 0.15) is 5.69 Å². The normalized spacial score (nSPS) is 13.2. The van der Waals surface area contributed by atoms with Crippen molar-refractivity contribution in [2.45, 2.75) is 54.4 Å². The van der Waals surface area contributed by atoms with Crippen LogP contribution in [-0.2, 0) is 12.8 Å². The molecule has 1 aliphatic rings. The minimum absolute atomic E-state index is 0. The van der Waals surface area contributed by atoms with E-state index in [1.165, 1.54) is 22.5 Å². The number of aromatic nitrogens is 2. The second-order valence-electron chi connectivity index (χ2n) is 13.3. The number of carboxylic acid groups (broad SMARTS) is 1. The third-order valence-corrected chi connectivity index (χ3v) is 10.8. The zero-order valence-electron chi connectivity index (χ0n) is 32.3. The van der Waals surface area contributed by atoms with E-state index in [0.29, 0.717) is 12.1 Å². The lowest BCUT2D eigenvalue weighted by molar-refractivity contribution is 0.0656. The van der Waals surface area contributed by atoms with E-state index in [-0.39, 0.29) is 28.6 Å². The summed E-state index contributed by atoms with van der Waals surface area (Å²) in [7, 11) is 6.10. The summed E-state index contributed by atoms with van der Waals surface area (Å²) in [6, 6.07) is 8.50. The molecule has 0 radical (unpaired) electrons. The van der Waals surface area contributed by atoms with Crippen molar-refractivity contribution < 1.29 is 14.7 Å². The number of aliphatic imine (C=N–C) groups is 2. The summed E-state index contributed by atoms with van der Waals surface area (Å²) in [6.07, 6.45) is 5.09. The monoisotopic (exact) mass is 824 g/mol. The predicted molar refractivity (Wildman–Crippen MR) is 225 cm³/mol. The van der Waals surface area contributed by atoms with E-state index >= 15 is 0 Å². The first-order valence-corrected chi connectivity index (χ1v) is 19.3. The van der Waals surface area contributed by atoms with Crippen molar-refractivity contribution in [3.05, 3.63) is 89.8 Å². The van der Waals surface area contributed by atoms with Crippen molar-refractivity contribution in [2.75, 3.05) is 60.4 Å². The smallest absolute Gasteiger partial charge is 0.355 e. The first-order valence-electron chi connectivity index (χ1n) is 17.6. The average molecular weight is 826 g/mol. The standard InChI is InChI=1S/C22H31N5OS.C17H21N3O2S.BrH/c1-6-25(4)15-23-19-12-16(2)18(11-17(19)3)13-21-24-20(14-29-21)22(28)27-9-7-26(5)8-10-27;1-5-20(4)10-18-14-7-11(2)13(6-12(14)3)8-16-19-15(9-23-16)17(21)22;/h11-12,14-15H,6-10,13H2,1-5H3;6-7,9-10H,5,8H2,1-4H3,(H,21,22);1H. The van der Waals surface area contributed by atoms with Gasteiger partial charge in [0.25, 0.3) is 5.91 Å². The first-order chi connectivity index (χ1) is 24.8. The maximum Gasteiger partial charge on any atom is 0.355 e. The molecule has 1 aliphatic heterocycles. The van der Waals surface area contributed by atoms with E-state index < -0.39 is 5.97 Å². The van der Waals surface area contributed by atoms with Crippen molar-refractivity contribution in [3.63, 3.8) is 0 Å². The molecular formula is C39H53BrN8O3S2. The number of thiazole rings is 2. The van der Waals surface area contributed by atoms with E-state index in [1.807, 2.05) is 55.8 Å². The fourth-order valence-electron chi connectivity index (χ4n) is 5.34. The Morgan fingerprint density at radius 3 is 1.60 bits per heavy atom. The van der Waals surface area contributed by atoms with Gasteiger partial charge in [-0.2, -0.15) is 0 Å². The van der Waals surface area contributed by atoms with Crippen LogP contribution in [0.15, 0.2) is 45.0 Å². The number of likely N-dealkylation sites (N-methyl/N-ethyl adjacent to an activating group) is 1. The molecule has 0 aliphatic carbocycles. The molecular weight excluding hydrogens is 773 g/mol. The Morgan fingerprint density at radius 1 is 0.755 bits per heavy atom. The number of carbonyl (C=O) groups excluding carboxylic acids is 1. The fraction of sp³-hybridized carbons (Fsp3) is 0.436. The van der Waals surface area contributed by atoms with Crippen LogP contribution in [0.3, 0.4) is 0 Å². The molecule has 2 aromatic carbocycles. The van der Waals surface area contributed by atoms with Crippen LogP contribution >= 0.6 is 39.7 Å². The quantitative estimate of drug-likeness (QED) is 0.115. The Labute approximate surface area is 332 Å². The second kappa shape index (κ2) is 20.5. The topological polar surface area (TPSA) is 118 Å². The van der Waals surface area contributed by atoms with Crippen LogP contribution in [0.5, 0.6) is 0 Å². The number of hydrogen-bond acceptors (Lipinski definition) is 9. The highest BCUT2D eigenvalue weighted by Crippen LogP contribution is 2.27. The number of carbonyl (C=O) groups is 2. The number of nitrogens with zero attached hydrogens (tertiary/aromatic N) is 8. The van der Waals surface area contributed by atoms with Gasteiger partial charge in [-0.25, -0.2) is 24.7 Å². The minimum Gasteiger partial charge on any atom is -0.476 e. The molecule has 286 valence electrons. The Kier molecular flexibility index (Phi) is 16.8. The van der Waals surface area contributed by atoms with E-state index in [2.05, 4.69) is 88.8 Å². The van der Waals surface area contributed by atoms with E-state index in [1.54, 1.807) is 16.7 Å². The summed E-state index contributed by atoms with van der Waals surface area (Å²) in [5.74, 6) is -0.927. The Morgan fingerprint density at radius 2 is 1.19 bits per heavy atom. The van der Waals surface area contributed by atoms with Crippen molar-refractivity contribution in [1.82, 2.24) is 29.6 Å². The summed E-state index contributed by atoms with van der Waals surface area (Å²) in [4.78, 5) is 49.8. The largest absolute Gasteiger partial charge is 0.476 e. The van der Waals surface area contributed by atoms with Crippen LogP contribution in [0, 0.1) is 27.7 Å². The van der Waals surface area contributed by atoms with E-state index in [4.69, 9.17) is 5.11 Å². The highest BCUT2D eigenvalue weighted by Gasteiger charge is 2.22. The third kappa shape index (κ3) is 12.5. The fourth-order valence-corrected chi connectivity index (χ4v) is 6.93. The van der Waals surface area contributed by atoms with Crippen LogP contribution in [0.4, 0.5) is 11.4 Å². The van der Waals surface area contributed by atoms with Crippen LogP contribution in [0.2, 0.25) is 0 Å². The van der Waals surface area contributed by atoms with Crippen LogP contribution in [0.1, 0.15) is 78.2 Å². The predicted octanol–water partition coefficient (Wildman–Crippen LogP) is 7.59. The summed E-state index contributed by atoms with van der Waals surface area (Å²) >= 11 is 2.95. The molecule has 11 nitrogen and oxygen atoms in total. The Hall–Kier alpha value is -3.98. The number of aromatic carboxylic acids is 1. The number of rotatable bonds is 12. The molecule has 0 bridgehead atoms. The summed E-state index contributed by atoms with van der Waals surface area (Å²) in [5.41, 5.74) is 9.61. The molecule has 2 aromatic heterocycles. The molecule has 0 unspecified atom stereocenters. The summed E-state index contributed by atoms with van der Waals surface area (Å²) in [5, 5.41) is 14.2. The molecule has 0 spiro atoms. The van der Waals surface area contributed by atoms with Crippen LogP contribution in [-0.4, -0.2) is 120 Å². The SMILES string of the molecule is Br.CCN(C)C=Nc1cc(C)c(Cc2nc(C(=O)N3CCN(C)CC3)cs2)cc1C.CCN(C)C=Nc1cc(C)c(Cc2nc(C(=O)O)cs2)cc1C. The van der Waals surface area contributed by atoms with E-state index in [9.17, 15) is 9.59 Å².